The van der Waals surface area contributed by atoms with Gasteiger partial charge in [-0.15, -0.1) is 11.3 Å². The summed E-state index contributed by atoms with van der Waals surface area (Å²) < 4.78 is 49.1. The second kappa shape index (κ2) is 5.96. The fourth-order valence-electron chi connectivity index (χ4n) is 1.07. The molecule has 8 nitrogen and oxygen atoms in total. The molecule has 0 radical (unpaired) electrons. The lowest BCUT2D eigenvalue weighted by Gasteiger charge is -2.04. The van der Waals surface area contributed by atoms with Crippen LogP contribution in [0.1, 0.15) is 9.67 Å². The SMILES string of the molecule is CS(=O)(=O)NCCNS(=O)(=O)c1ccc(C(=O)O)s1. The largest absolute Gasteiger partial charge is 0.477 e. The fourth-order valence-corrected chi connectivity index (χ4v) is 3.77. The Kier molecular flexibility index (Phi) is 5.04. The van der Waals surface area contributed by atoms with E-state index in [0.717, 1.165) is 6.26 Å². The van der Waals surface area contributed by atoms with Crippen LogP contribution in [-0.2, 0) is 20.0 Å². The van der Waals surface area contributed by atoms with Crippen LogP contribution >= 0.6 is 11.3 Å². The minimum Gasteiger partial charge on any atom is -0.477 e. The first kappa shape index (κ1) is 16.0. The zero-order valence-corrected chi connectivity index (χ0v) is 12.2. The molecule has 3 N–H and O–H groups in total. The number of hydrogen-bond acceptors (Lipinski definition) is 6. The third-order valence-corrected chi connectivity index (χ3v) is 5.59. The Morgan fingerprint density at radius 1 is 1.21 bits per heavy atom. The first-order chi connectivity index (χ1) is 8.62. The Morgan fingerprint density at radius 3 is 2.26 bits per heavy atom. The third kappa shape index (κ3) is 5.24. The van der Waals surface area contributed by atoms with Gasteiger partial charge in [-0.1, -0.05) is 0 Å². The van der Waals surface area contributed by atoms with Crippen LogP contribution < -0.4 is 9.44 Å². The molecule has 0 unspecified atom stereocenters. The first-order valence-electron chi connectivity index (χ1n) is 4.89. The normalized spacial score (nSPS) is 12.5. The summed E-state index contributed by atoms with van der Waals surface area (Å²) in [6.07, 6.45) is 0.958. The molecule has 1 aromatic heterocycles. The number of sulfonamides is 2. The molecule has 0 atom stereocenters. The summed E-state index contributed by atoms with van der Waals surface area (Å²) in [5, 5.41) is 8.69. The zero-order valence-electron chi connectivity index (χ0n) is 9.78. The number of carboxylic acids is 1. The third-order valence-electron chi connectivity index (χ3n) is 1.84. The predicted octanol–water partition coefficient (Wildman–Crippen LogP) is -0.726. The molecule has 0 aromatic carbocycles. The highest BCUT2D eigenvalue weighted by Gasteiger charge is 2.18. The second-order valence-electron chi connectivity index (χ2n) is 3.49. The minimum atomic E-state index is -3.82. The number of thiophene rings is 1. The molecule has 0 saturated carbocycles. The van der Waals surface area contributed by atoms with Crippen LogP contribution in [0.25, 0.3) is 0 Å². The van der Waals surface area contributed by atoms with Gasteiger partial charge in [-0.2, -0.15) is 0 Å². The van der Waals surface area contributed by atoms with Gasteiger partial charge in [0, 0.05) is 13.1 Å². The maximum atomic E-state index is 11.7. The molecule has 0 aliphatic rings. The molecule has 108 valence electrons. The summed E-state index contributed by atoms with van der Waals surface area (Å²) in [7, 11) is -7.19. The van der Waals surface area contributed by atoms with Gasteiger partial charge in [-0.3, -0.25) is 0 Å². The van der Waals surface area contributed by atoms with Gasteiger partial charge in [0.05, 0.1) is 6.26 Å². The van der Waals surface area contributed by atoms with Crippen LogP contribution in [0, 0.1) is 0 Å². The average Bonchev–Trinajstić information content (AvgIpc) is 2.73. The van der Waals surface area contributed by atoms with Crippen LogP contribution in [0.5, 0.6) is 0 Å². The van der Waals surface area contributed by atoms with E-state index in [4.69, 9.17) is 5.11 Å². The molecule has 11 heteroatoms. The Bertz CT molecular complexity index is 660. The second-order valence-corrected chi connectivity index (χ2v) is 8.40. The number of hydrogen-bond donors (Lipinski definition) is 3. The van der Waals surface area contributed by atoms with Gasteiger partial charge < -0.3 is 5.11 Å². The molecule has 0 aliphatic heterocycles. The first-order valence-corrected chi connectivity index (χ1v) is 9.08. The predicted molar refractivity (Wildman–Crippen MR) is 69.3 cm³/mol. The Balaban J connectivity index is 2.63. The Labute approximate surface area is 114 Å². The van der Waals surface area contributed by atoms with Crippen LogP contribution in [-0.4, -0.2) is 47.3 Å². The van der Waals surface area contributed by atoms with Gasteiger partial charge >= 0.3 is 5.97 Å². The molecular weight excluding hydrogens is 316 g/mol. The van der Waals surface area contributed by atoms with Crippen molar-refractivity contribution in [3.63, 3.8) is 0 Å². The summed E-state index contributed by atoms with van der Waals surface area (Å²) in [4.78, 5) is 10.5. The van der Waals surface area contributed by atoms with E-state index in [0.29, 0.717) is 11.3 Å². The average molecular weight is 328 g/mol. The van der Waals surface area contributed by atoms with Gasteiger partial charge in [-0.05, 0) is 12.1 Å². The summed E-state index contributed by atoms with van der Waals surface area (Å²) in [6.45, 7) is -0.217. The maximum Gasteiger partial charge on any atom is 0.345 e. The molecule has 0 aliphatic carbocycles. The van der Waals surface area contributed by atoms with E-state index >= 15 is 0 Å². The van der Waals surface area contributed by atoms with E-state index in [2.05, 4.69) is 9.44 Å². The quantitative estimate of drug-likeness (QED) is 0.566. The molecule has 0 amide bonds. The van der Waals surface area contributed by atoms with Gasteiger partial charge in [0.1, 0.15) is 9.09 Å². The highest BCUT2D eigenvalue weighted by molar-refractivity contribution is 7.91. The van der Waals surface area contributed by atoms with Crippen molar-refractivity contribution in [2.75, 3.05) is 19.3 Å². The molecule has 19 heavy (non-hydrogen) atoms. The molecule has 0 saturated heterocycles. The number of aromatic carboxylic acids is 1. The lowest BCUT2D eigenvalue weighted by molar-refractivity contribution is 0.0702. The monoisotopic (exact) mass is 328 g/mol. The van der Waals surface area contributed by atoms with Crippen molar-refractivity contribution >= 4 is 37.4 Å². The Morgan fingerprint density at radius 2 is 1.79 bits per heavy atom. The number of rotatable bonds is 7. The van der Waals surface area contributed by atoms with Crippen LogP contribution in [0.4, 0.5) is 0 Å². The van der Waals surface area contributed by atoms with Gasteiger partial charge in [0.25, 0.3) is 0 Å². The molecule has 1 heterocycles. The lowest BCUT2D eigenvalue weighted by Crippen LogP contribution is -2.33. The van der Waals surface area contributed by atoms with Crippen LogP contribution in [0.3, 0.4) is 0 Å². The summed E-state index contributed by atoms with van der Waals surface area (Å²) in [6, 6.07) is 2.37. The van der Waals surface area contributed by atoms with Crippen LogP contribution in [0.2, 0.25) is 0 Å². The molecule has 0 fully saturated rings. The number of carbonyl (C=O) groups is 1. The van der Waals surface area contributed by atoms with E-state index in [1.165, 1.54) is 12.1 Å². The summed E-state index contributed by atoms with van der Waals surface area (Å²) in [5.74, 6) is -1.20. The fraction of sp³-hybridized carbons (Fsp3) is 0.375. The van der Waals surface area contributed by atoms with E-state index in [1.54, 1.807) is 0 Å². The van der Waals surface area contributed by atoms with Gasteiger partial charge in [-0.25, -0.2) is 31.1 Å². The van der Waals surface area contributed by atoms with E-state index in [1.807, 2.05) is 0 Å². The van der Waals surface area contributed by atoms with Crippen molar-refractivity contribution < 1.29 is 26.7 Å². The van der Waals surface area contributed by atoms with Crippen molar-refractivity contribution in [2.45, 2.75) is 4.21 Å². The van der Waals surface area contributed by atoms with Crippen molar-refractivity contribution in [1.82, 2.24) is 9.44 Å². The summed E-state index contributed by atoms with van der Waals surface area (Å²) in [5.41, 5.74) is 0. The molecule has 0 spiro atoms. The van der Waals surface area contributed by atoms with Crippen molar-refractivity contribution in [3.05, 3.63) is 17.0 Å². The minimum absolute atomic E-state index is 0.0881. The highest BCUT2D eigenvalue weighted by Crippen LogP contribution is 2.21. The van der Waals surface area contributed by atoms with Gasteiger partial charge in [0.15, 0.2) is 0 Å². The van der Waals surface area contributed by atoms with Gasteiger partial charge in [0.2, 0.25) is 20.0 Å². The standard InChI is InChI=1S/C8H12N2O6S3/c1-18(13,14)9-4-5-10-19(15,16)7-3-2-6(17-7)8(11)12/h2-3,9-10H,4-5H2,1H3,(H,11,12). The van der Waals surface area contributed by atoms with Crippen molar-refractivity contribution in [1.29, 1.82) is 0 Å². The Hall–Kier alpha value is -1.01. The summed E-state index contributed by atoms with van der Waals surface area (Å²) >= 11 is 0.623. The number of carboxylic acid groups (broad SMARTS) is 1. The lowest BCUT2D eigenvalue weighted by atomic mass is 10.5. The number of nitrogens with one attached hydrogen (secondary N) is 2. The van der Waals surface area contributed by atoms with Crippen molar-refractivity contribution in [2.24, 2.45) is 0 Å². The molecule has 1 aromatic rings. The zero-order chi connectivity index (χ0) is 14.7. The molecular formula is C8H12N2O6S3. The smallest absolute Gasteiger partial charge is 0.345 e. The maximum absolute atomic E-state index is 11.7. The highest BCUT2D eigenvalue weighted by atomic mass is 32.2. The topological polar surface area (TPSA) is 130 Å². The van der Waals surface area contributed by atoms with E-state index < -0.39 is 26.0 Å². The van der Waals surface area contributed by atoms with E-state index in [9.17, 15) is 21.6 Å². The molecule has 1 rings (SSSR count). The van der Waals surface area contributed by atoms with E-state index in [-0.39, 0.29) is 22.2 Å². The molecule has 0 bridgehead atoms. The van der Waals surface area contributed by atoms with Crippen LogP contribution in [0.15, 0.2) is 16.3 Å². The van der Waals surface area contributed by atoms with Crippen molar-refractivity contribution in [3.8, 4) is 0 Å².